The minimum Gasteiger partial charge on any atom is -0.301 e. The van der Waals surface area contributed by atoms with Crippen LogP contribution >= 0.6 is 27.3 Å². The lowest BCUT2D eigenvalue weighted by Gasteiger charge is -2.04. The number of halogens is 4. The normalized spacial score (nSPS) is 11.8. The molecular formula is C10H6BrF3N2OS. The molecular weight excluding hydrogens is 333 g/mol. The van der Waals surface area contributed by atoms with Crippen LogP contribution in [0.4, 0.5) is 18.3 Å². The van der Waals surface area contributed by atoms with Crippen molar-refractivity contribution in [3.05, 3.63) is 23.8 Å². The molecule has 1 aromatic heterocycles. The average molecular weight is 339 g/mol. The second-order valence-corrected chi connectivity index (χ2v) is 4.97. The van der Waals surface area contributed by atoms with Crippen molar-refractivity contribution in [2.45, 2.75) is 6.18 Å². The second-order valence-electron chi connectivity index (χ2n) is 3.38. The Morgan fingerprint density at radius 2 is 2.17 bits per heavy atom. The monoisotopic (exact) mass is 338 g/mol. The van der Waals surface area contributed by atoms with Crippen LogP contribution in [0.1, 0.15) is 5.56 Å². The van der Waals surface area contributed by atoms with Gasteiger partial charge < -0.3 is 5.32 Å². The minimum atomic E-state index is -4.38. The summed E-state index contributed by atoms with van der Waals surface area (Å²) in [7, 11) is 0. The zero-order chi connectivity index (χ0) is 13.3. The first kappa shape index (κ1) is 13.3. The van der Waals surface area contributed by atoms with Crippen LogP contribution in [0.25, 0.3) is 10.2 Å². The summed E-state index contributed by atoms with van der Waals surface area (Å²) in [4.78, 5) is 15.1. The lowest BCUT2D eigenvalue weighted by Crippen LogP contribution is -2.11. The lowest BCUT2D eigenvalue weighted by molar-refractivity contribution is -0.137. The highest BCUT2D eigenvalue weighted by Gasteiger charge is 2.30. The second kappa shape index (κ2) is 4.85. The predicted molar refractivity (Wildman–Crippen MR) is 67.0 cm³/mol. The molecule has 0 saturated heterocycles. The fraction of sp³-hybridized carbons (Fsp3) is 0.200. The Bertz CT molecular complexity index is 596. The van der Waals surface area contributed by atoms with Gasteiger partial charge in [-0.3, -0.25) is 4.79 Å². The van der Waals surface area contributed by atoms with E-state index in [4.69, 9.17) is 0 Å². The van der Waals surface area contributed by atoms with Crippen LogP contribution in [0.2, 0.25) is 0 Å². The number of rotatable bonds is 2. The summed E-state index contributed by atoms with van der Waals surface area (Å²) in [6.07, 6.45) is -4.38. The van der Waals surface area contributed by atoms with Crippen molar-refractivity contribution in [2.75, 3.05) is 10.6 Å². The highest BCUT2D eigenvalue weighted by molar-refractivity contribution is 9.09. The summed E-state index contributed by atoms with van der Waals surface area (Å²) in [5.74, 6) is -0.301. The number of anilines is 1. The van der Waals surface area contributed by atoms with E-state index in [1.807, 2.05) is 0 Å². The van der Waals surface area contributed by atoms with Crippen LogP contribution in [-0.4, -0.2) is 16.2 Å². The first-order valence-electron chi connectivity index (χ1n) is 4.74. The molecule has 2 rings (SSSR count). The minimum absolute atomic E-state index is 0.108. The van der Waals surface area contributed by atoms with Gasteiger partial charge in [0.2, 0.25) is 5.91 Å². The molecule has 1 N–H and O–H groups in total. The molecule has 0 spiro atoms. The largest absolute Gasteiger partial charge is 0.416 e. The highest BCUT2D eigenvalue weighted by atomic mass is 79.9. The van der Waals surface area contributed by atoms with E-state index in [2.05, 4.69) is 26.2 Å². The molecule has 1 amide bonds. The molecule has 18 heavy (non-hydrogen) atoms. The number of amides is 1. The smallest absolute Gasteiger partial charge is 0.301 e. The molecule has 0 atom stereocenters. The molecule has 0 bridgehead atoms. The molecule has 96 valence electrons. The SMILES string of the molecule is O=C(CBr)Nc1nc2ccc(C(F)(F)F)cc2s1. The summed E-state index contributed by atoms with van der Waals surface area (Å²) < 4.78 is 37.9. The predicted octanol–water partition coefficient (Wildman–Crippen LogP) is 3.65. The van der Waals surface area contributed by atoms with Gasteiger partial charge in [-0.2, -0.15) is 13.2 Å². The Kier molecular flexibility index (Phi) is 3.58. The number of carbonyl (C=O) groups is 1. The van der Waals surface area contributed by atoms with Crippen LogP contribution in [0.5, 0.6) is 0 Å². The molecule has 1 aromatic carbocycles. The molecule has 1 heterocycles. The molecule has 0 fully saturated rings. The first-order chi connectivity index (χ1) is 8.40. The molecule has 0 aliphatic rings. The zero-order valence-electron chi connectivity index (χ0n) is 8.71. The molecule has 2 aromatic rings. The highest BCUT2D eigenvalue weighted by Crippen LogP contribution is 2.34. The Balaban J connectivity index is 2.37. The average Bonchev–Trinajstić information content (AvgIpc) is 2.68. The van der Waals surface area contributed by atoms with Crippen LogP contribution in [-0.2, 0) is 11.0 Å². The van der Waals surface area contributed by atoms with E-state index >= 15 is 0 Å². The Labute approximate surface area is 112 Å². The van der Waals surface area contributed by atoms with E-state index in [1.165, 1.54) is 6.07 Å². The third kappa shape index (κ3) is 2.81. The Morgan fingerprint density at radius 3 is 2.78 bits per heavy atom. The van der Waals surface area contributed by atoms with Crippen LogP contribution in [0, 0.1) is 0 Å². The molecule has 8 heteroatoms. The quantitative estimate of drug-likeness (QED) is 0.849. The van der Waals surface area contributed by atoms with Crippen LogP contribution < -0.4 is 5.32 Å². The molecule has 0 aliphatic heterocycles. The number of thiazole rings is 1. The number of hydrogen-bond donors (Lipinski definition) is 1. The number of alkyl halides is 4. The first-order valence-corrected chi connectivity index (χ1v) is 6.67. The van der Waals surface area contributed by atoms with Crippen molar-refractivity contribution in [2.24, 2.45) is 0 Å². The number of nitrogens with zero attached hydrogens (tertiary/aromatic N) is 1. The van der Waals surface area contributed by atoms with Crippen LogP contribution in [0.3, 0.4) is 0 Å². The third-order valence-corrected chi connectivity index (χ3v) is 3.53. The van der Waals surface area contributed by atoms with E-state index in [1.54, 1.807) is 0 Å². The van der Waals surface area contributed by atoms with Crippen molar-refractivity contribution in [1.29, 1.82) is 0 Å². The maximum Gasteiger partial charge on any atom is 0.416 e. The molecule has 0 radical (unpaired) electrons. The van der Waals surface area contributed by atoms with Gasteiger partial charge in [0.15, 0.2) is 5.13 Å². The van der Waals surface area contributed by atoms with Crippen molar-refractivity contribution >= 4 is 48.5 Å². The van der Waals surface area contributed by atoms with Gasteiger partial charge in [-0.1, -0.05) is 27.3 Å². The van der Waals surface area contributed by atoms with Gasteiger partial charge >= 0.3 is 6.18 Å². The summed E-state index contributed by atoms with van der Waals surface area (Å²) in [5.41, 5.74) is -0.296. The number of hydrogen-bond acceptors (Lipinski definition) is 3. The van der Waals surface area contributed by atoms with E-state index in [0.717, 1.165) is 23.5 Å². The van der Waals surface area contributed by atoms with Gasteiger partial charge in [0.1, 0.15) is 0 Å². The maximum absolute atomic E-state index is 12.5. The van der Waals surface area contributed by atoms with Gasteiger partial charge in [-0.15, -0.1) is 0 Å². The molecule has 0 saturated carbocycles. The van der Waals surface area contributed by atoms with E-state index in [-0.39, 0.29) is 16.4 Å². The number of aromatic nitrogens is 1. The van der Waals surface area contributed by atoms with Gasteiger partial charge in [-0.25, -0.2) is 4.98 Å². The third-order valence-electron chi connectivity index (χ3n) is 2.08. The molecule has 0 aliphatic carbocycles. The molecule has 3 nitrogen and oxygen atoms in total. The summed E-state index contributed by atoms with van der Waals surface area (Å²) in [6.45, 7) is 0. The molecule has 0 unspecified atom stereocenters. The summed E-state index contributed by atoms with van der Waals surface area (Å²) >= 11 is 3.98. The fourth-order valence-electron chi connectivity index (χ4n) is 1.31. The Morgan fingerprint density at radius 1 is 1.44 bits per heavy atom. The van der Waals surface area contributed by atoms with Gasteiger partial charge in [0, 0.05) is 0 Å². The number of nitrogens with one attached hydrogen (secondary N) is 1. The van der Waals surface area contributed by atoms with Gasteiger partial charge in [0.05, 0.1) is 21.1 Å². The van der Waals surface area contributed by atoms with E-state index in [0.29, 0.717) is 10.2 Å². The van der Waals surface area contributed by atoms with E-state index < -0.39 is 11.7 Å². The topological polar surface area (TPSA) is 42.0 Å². The number of fused-ring (bicyclic) bond motifs is 1. The summed E-state index contributed by atoms with van der Waals surface area (Å²) in [6, 6.07) is 3.29. The Hall–Kier alpha value is -1.15. The lowest BCUT2D eigenvalue weighted by atomic mass is 10.2. The maximum atomic E-state index is 12.5. The van der Waals surface area contributed by atoms with Gasteiger partial charge in [0.25, 0.3) is 0 Å². The van der Waals surface area contributed by atoms with Crippen LogP contribution in [0.15, 0.2) is 18.2 Å². The van der Waals surface area contributed by atoms with E-state index in [9.17, 15) is 18.0 Å². The van der Waals surface area contributed by atoms with Crippen molar-refractivity contribution in [3.63, 3.8) is 0 Å². The van der Waals surface area contributed by atoms with Gasteiger partial charge in [-0.05, 0) is 18.2 Å². The summed E-state index contributed by atoms with van der Waals surface area (Å²) in [5, 5.41) is 2.87. The van der Waals surface area contributed by atoms with Crippen molar-refractivity contribution < 1.29 is 18.0 Å². The number of carbonyl (C=O) groups excluding carboxylic acids is 1. The standard InChI is InChI=1S/C10H6BrF3N2OS/c11-4-8(17)16-9-15-6-2-1-5(10(12,13)14)3-7(6)18-9/h1-3H,4H2,(H,15,16,17). The zero-order valence-corrected chi connectivity index (χ0v) is 11.1. The van der Waals surface area contributed by atoms with Crippen molar-refractivity contribution in [3.8, 4) is 0 Å². The number of benzene rings is 1. The van der Waals surface area contributed by atoms with Crippen molar-refractivity contribution in [1.82, 2.24) is 4.98 Å². The fourth-order valence-corrected chi connectivity index (χ4v) is 2.37.